The minimum atomic E-state index is 0.792. The lowest BCUT2D eigenvalue weighted by Crippen LogP contribution is -1.95. The van der Waals surface area contributed by atoms with Crippen LogP contribution in [0.25, 0.3) is 0 Å². The Labute approximate surface area is 50.7 Å². The molecule has 1 heteroatoms. The van der Waals surface area contributed by atoms with E-state index in [0.717, 1.165) is 11.7 Å². The molecule has 0 aliphatic carbocycles. The summed E-state index contributed by atoms with van der Waals surface area (Å²) in [6, 6.07) is 0. The van der Waals surface area contributed by atoms with E-state index in [1.165, 1.54) is 6.42 Å². The third-order valence-corrected chi connectivity index (χ3v) is 2.35. The summed E-state index contributed by atoms with van der Waals surface area (Å²) in [5.74, 6) is 0. The Kier molecular flexibility index (Phi) is 4.73. The molecular formula is C6H13S. The number of hydrogen-bond donors (Lipinski definition) is 0. The van der Waals surface area contributed by atoms with Crippen molar-refractivity contribution < 1.29 is 0 Å². The minimum Gasteiger partial charge on any atom is -0.162 e. The Hall–Kier alpha value is 0.350. The van der Waals surface area contributed by atoms with Gasteiger partial charge in [0.15, 0.2) is 0 Å². The average molecular weight is 117 g/mol. The Bertz CT molecular complexity index is 25.7. The standard InChI is InChI=1S/C6H13S/c1-4-6(5-2)7-3/h6H,1,4-5H2,2-3H3. The molecule has 0 aromatic carbocycles. The number of rotatable bonds is 3. The Morgan fingerprint density at radius 1 is 1.71 bits per heavy atom. The smallest absolute Gasteiger partial charge is 0.00416 e. The summed E-state index contributed by atoms with van der Waals surface area (Å²) in [6.07, 6.45) is 4.46. The van der Waals surface area contributed by atoms with Crippen LogP contribution in [-0.4, -0.2) is 11.5 Å². The van der Waals surface area contributed by atoms with Gasteiger partial charge in [-0.25, -0.2) is 0 Å². The third kappa shape index (κ3) is 2.98. The molecule has 0 fully saturated rings. The molecule has 0 aliphatic heterocycles. The number of thioether (sulfide) groups is 1. The minimum absolute atomic E-state index is 0.792. The van der Waals surface area contributed by atoms with Crippen molar-refractivity contribution in [3.8, 4) is 0 Å². The van der Waals surface area contributed by atoms with Crippen LogP contribution >= 0.6 is 11.8 Å². The molecule has 1 atom stereocenters. The maximum atomic E-state index is 3.81. The predicted octanol–water partition coefficient (Wildman–Crippen LogP) is 2.35. The van der Waals surface area contributed by atoms with Gasteiger partial charge in [0.1, 0.15) is 0 Å². The van der Waals surface area contributed by atoms with Gasteiger partial charge >= 0.3 is 0 Å². The highest BCUT2D eigenvalue weighted by atomic mass is 32.2. The van der Waals surface area contributed by atoms with Crippen LogP contribution in [0.1, 0.15) is 19.8 Å². The normalized spacial score (nSPS) is 10.3. The zero-order valence-electron chi connectivity index (χ0n) is 5.11. The molecule has 0 heterocycles. The van der Waals surface area contributed by atoms with Crippen molar-refractivity contribution in [2.45, 2.75) is 25.0 Å². The zero-order valence-corrected chi connectivity index (χ0v) is 5.92. The zero-order chi connectivity index (χ0) is 5.70. The lowest BCUT2D eigenvalue weighted by molar-refractivity contribution is 0.836. The summed E-state index contributed by atoms with van der Waals surface area (Å²) in [4.78, 5) is 0. The van der Waals surface area contributed by atoms with E-state index < -0.39 is 0 Å². The summed E-state index contributed by atoms with van der Waals surface area (Å²) in [6.45, 7) is 6.01. The Balaban J connectivity index is 2.99. The molecule has 0 bridgehead atoms. The quantitative estimate of drug-likeness (QED) is 0.547. The van der Waals surface area contributed by atoms with Gasteiger partial charge in [0.05, 0.1) is 0 Å². The van der Waals surface area contributed by atoms with Crippen LogP contribution in [0.3, 0.4) is 0 Å². The van der Waals surface area contributed by atoms with E-state index in [9.17, 15) is 0 Å². The Morgan fingerprint density at radius 3 is 2.29 bits per heavy atom. The van der Waals surface area contributed by atoms with Gasteiger partial charge in [-0.05, 0) is 19.1 Å². The van der Waals surface area contributed by atoms with Gasteiger partial charge in [-0.2, -0.15) is 11.8 Å². The van der Waals surface area contributed by atoms with E-state index in [4.69, 9.17) is 0 Å². The van der Waals surface area contributed by atoms with Crippen LogP contribution in [0.15, 0.2) is 0 Å². The van der Waals surface area contributed by atoms with Gasteiger partial charge in [-0.1, -0.05) is 13.8 Å². The van der Waals surface area contributed by atoms with Crippen molar-refractivity contribution >= 4 is 11.8 Å². The van der Waals surface area contributed by atoms with Crippen molar-refractivity contribution in [1.82, 2.24) is 0 Å². The highest BCUT2D eigenvalue weighted by Crippen LogP contribution is 2.12. The largest absolute Gasteiger partial charge is 0.162 e. The molecule has 0 aromatic heterocycles. The fraction of sp³-hybridized carbons (Fsp3) is 0.833. The molecule has 0 saturated carbocycles. The van der Waals surface area contributed by atoms with Crippen molar-refractivity contribution in [2.24, 2.45) is 0 Å². The maximum absolute atomic E-state index is 3.81. The first kappa shape index (κ1) is 7.35. The van der Waals surface area contributed by atoms with Gasteiger partial charge in [0.25, 0.3) is 0 Å². The second-order valence-corrected chi connectivity index (χ2v) is 2.69. The fourth-order valence-corrected chi connectivity index (χ4v) is 1.06. The van der Waals surface area contributed by atoms with Crippen molar-refractivity contribution in [1.29, 1.82) is 0 Å². The second kappa shape index (κ2) is 4.51. The van der Waals surface area contributed by atoms with E-state index in [2.05, 4.69) is 20.1 Å². The van der Waals surface area contributed by atoms with Crippen LogP contribution < -0.4 is 0 Å². The topological polar surface area (TPSA) is 0 Å². The lowest BCUT2D eigenvalue weighted by atomic mass is 10.3. The van der Waals surface area contributed by atoms with E-state index in [1.807, 2.05) is 11.8 Å². The molecule has 0 N–H and O–H groups in total. The highest BCUT2D eigenvalue weighted by molar-refractivity contribution is 7.99. The molecular weight excluding hydrogens is 104 g/mol. The molecule has 0 amide bonds. The summed E-state index contributed by atoms with van der Waals surface area (Å²) in [5, 5.41) is 0.792. The second-order valence-electron chi connectivity index (χ2n) is 1.55. The molecule has 0 saturated heterocycles. The fourth-order valence-electron chi connectivity index (χ4n) is 0.489. The molecule has 43 valence electrons. The average Bonchev–Trinajstić information content (AvgIpc) is 1.72. The van der Waals surface area contributed by atoms with E-state index in [1.54, 1.807) is 0 Å². The summed E-state index contributed by atoms with van der Waals surface area (Å²) in [5.41, 5.74) is 0. The third-order valence-electron chi connectivity index (χ3n) is 1.11. The van der Waals surface area contributed by atoms with Crippen LogP contribution in [0.2, 0.25) is 0 Å². The van der Waals surface area contributed by atoms with E-state index in [0.29, 0.717) is 0 Å². The lowest BCUT2D eigenvalue weighted by Gasteiger charge is -2.05. The first-order valence-corrected chi connectivity index (χ1v) is 3.96. The molecule has 0 rings (SSSR count). The molecule has 0 aliphatic rings. The molecule has 0 nitrogen and oxygen atoms in total. The van der Waals surface area contributed by atoms with Crippen molar-refractivity contribution in [2.75, 3.05) is 6.26 Å². The SMILES string of the molecule is [CH2]CC(CC)SC. The molecule has 7 heavy (non-hydrogen) atoms. The molecule has 0 spiro atoms. The van der Waals surface area contributed by atoms with Gasteiger partial charge in [-0.15, -0.1) is 0 Å². The van der Waals surface area contributed by atoms with Crippen molar-refractivity contribution in [3.05, 3.63) is 6.92 Å². The monoisotopic (exact) mass is 117 g/mol. The Morgan fingerprint density at radius 2 is 2.29 bits per heavy atom. The van der Waals surface area contributed by atoms with E-state index in [-0.39, 0.29) is 0 Å². The highest BCUT2D eigenvalue weighted by Gasteiger charge is 1.96. The first-order valence-electron chi connectivity index (χ1n) is 2.67. The van der Waals surface area contributed by atoms with Gasteiger partial charge in [0, 0.05) is 5.25 Å². The van der Waals surface area contributed by atoms with Crippen LogP contribution in [0.4, 0.5) is 0 Å². The van der Waals surface area contributed by atoms with E-state index >= 15 is 0 Å². The van der Waals surface area contributed by atoms with Crippen molar-refractivity contribution in [3.63, 3.8) is 0 Å². The summed E-state index contributed by atoms with van der Waals surface area (Å²) in [7, 11) is 0. The number of hydrogen-bond acceptors (Lipinski definition) is 1. The molecule has 1 unspecified atom stereocenters. The van der Waals surface area contributed by atoms with Crippen LogP contribution in [-0.2, 0) is 0 Å². The van der Waals surface area contributed by atoms with Crippen LogP contribution in [0.5, 0.6) is 0 Å². The van der Waals surface area contributed by atoms with Crippen LogP contribution in [0, 0.1) is 6.92 Å². The van der Waals surface area contributed by atoms with Gasteiger partial charge in [-0.3, -0.25) is 0 Å². The predicted molar refractivity (Wildman–Crippen MR) is 37.6 cm³/mol. The first-order chi connectivity index (χ1) is 3.35. The summed E-state index contributed by atoms with van der Waals surface area (Å²) < 4.78 is 0. The summed E-state index contributed by atoms with van der Waals surface area (Å²) >= 11 is 1.91. The van der Waals surface area contributed by atoms with Gasteiger partial charge in [0.2, 0.25) is 0 Å². The van der Waals surface area contributed by atoms with Gasteiger partial charge < -0.3 is 0 Å². The molecule has 1 radical (unpaired) electrons. The molecule has 0 aromatic rings. The maximum Gasteiger partial charge on any atom is 0.00416 e.